The zero-order valence-electron chi connectivity index (χ0n) is 29.6. The Labute approximate surface area is 300 Å². The van der Waals surface area contributed by atoms with Gasteiger partial charge in [0, 0.05) is 36.7 Å². The lowest BCUT2D eigenvalue weighted by Gasteiger charge is -2.60. The van der Waals surface area contributed by atoms with Crippen LogP contribution in [0.15, 0.2) is 77.7 Å². The van der Waals surface area contributed by atoms with Gasteiger partial charge in [-0.2, -0.15) is 0 Å². The van der Waals surface area contributed by atoms with E-state index >= 15 is 0 Å². The summed E-state index contributed by atoms with van der Waals surface area (Å²) in [7, 11) is 1.20. The molecule has 52 heavy (non-hydrogen) atoms. The van der Waals surface area contributed by atoms with Crippen LogP contribution in [-0.2, 0) is 25.5 Å². The number of methoxy groups -OCH3 is 1. The first-order chi connectivity index (χ1) is 24.9. The number of nitrogens with zero attached hydrogens (tertiary/aromatic N) is 2. The van der Waals surface area contributed by atoms with Crippen LogP contribution in [0.3, 0.4) is 0 Å². The second-order valence-corrected chi connectivity index (χ2v) is 14.9. The number of fused-ring (bicyclic) bond motifs is 1. The van der Waals surface area contributed by atoms with E-state index in [0.717, 1.165) is 37.7 Å². The van der Waals surface area contributed by atoms with E-state index in [-0.39, 0.29) is 58.5 Å². The molecule has 4 fully saturated rings. The molecule has 4 saturated carbocycles. The molecule has 4 bridgehead atoms. The van der Waals surface area contributed by atoms with E-state index in [0.29, 0.717) is 28.2 Å². The standard InChI is InChI=1S/C40H42N4O8/c1-23(45)52-39(2,3)37(48)43-40-20-25-17-27(21-40)32(28(18-25)22-40)42-35(47)26-14-12-24(13-15-26)19-31-33(46)30-11-8-16-41-34(30)44(29-9-6-5-7-10-29)36(31)51-38(49)50-4/h5-16,25,27-28,32H,17-22H2,1-4H3,(H,42,47)(H,43,48)/t25?,27-,28+,32?,40?. The molecule has 2 heterocycles. The van der Waals surface area contributed by atoms with Gasteiger partial charge in [0.05, 0.1) is 23.7 Å². The number of carbonyl (C=O) groups is 4. The van der Waals surface area contributed by atoms with Crippen LogP contribution in [0.5, 0.6) is 5.88 Å². The number of ether oxygens (including phenoxy) is 3. The quantitative estimate of drug-likeness (QED) is 0.222. The van der Waals surface area contributed by atoms with Gasteiger partial charge in [-0.15, -0.1) is 0 Å². The predicted octanol–water partition coefficient (Wildman–Crippen LogP) is 5.26. The highest BCUT2D eigenvalue weighted by Gasteiger charge is 2.57. The second-order valence-electron chi connectivity index (χ2n) is 14.9. The first-order valence-corrected chi connectivity index (χ1v) is 17.6. The van der Waals surface area contributed by atoms with Crippen molar-refractivity contribution in [3.05, 3.63) is 99.8 Å². The van der Waals surface area contributed by atoms with Crippen molar-refractivity contribution in [3.63, 3.8) is 0 Å². The topological polar surface area (TPSA) is 155 Å². The van der Waals surface area contributed by atoms with Crippen LogP contribution in [0.4, 0.5) is 4.79 Å². The molecule has 8 rings (SSSR count). The number of aromatic nitrogens is 2. The lowest BCUT2D eigenvalue weighted by Crippen LogP contribution is -2.68. The number of hydrogen-bond acceptors (Lipinski definition) is 9. The highest BCUT2D eigenvalue weighted by Crippen LogP contribution is 2.56. The van der Waals surface area contributed by atoms with E-state index in [1.165, 1.54) is 14.0 Å². The van der Waals surface area contributed by atoms with Crippen molar-refractivity contribution in [3.8, 4) is 11.6 Å². The number of rotatable bonds is 9. The van der Waals surface area contributed by atoms with Crippen LogP contribution < -0.4 is 20.8 Å². The molecule has 5 atom stereocenters. The smallest absolute Gasteiger partial charge is 0.450 e. The third-order valence-electron chi connectivity index (χ3n) is 10.8. The van der Waals surface area contributed by atoms with Gasteiger partial charge >= 0.3 is 12.1 Å². The van der Waals surface area contributed by atoms with Crippen molar-refractivity contribution in [2.75, 3.05) is 7.11 Å². The molecule has 12 nitrogen and oxygen atoms in total. The van der Waals surface area contributed by atoms with Gasteiger partial charge in [-0.25, -0.2) is 9.78 Å². The lowest BCUT2D eigenvalue weighted by molar-refractivity contribution is -0.165. The molecule has 2 aromatic carbocycles. The third-order valence-corrected chi connectivity index (χ3v) is 10.8. The predicted molar refractivity (Wildman–Crippen MR) is 191 cm³/mol. The van der Waals surface area contributed by atoms with Crippen molar-refractivity contribution < 1.29 is 33.4 Å². The van der Waals surface area contributed by atoms with Gasteiger partial charge in [0.25, 0.3) is 11.8 Å². The van der Waals surface area contributed by atoms with Crippen LogP contribution in [-0.4, -0.2) is 57.8 Å². The van der Waals surface area contributed by atoms with E-state index in [9.17, 15) is 24.0 Å². The summed E-state index contributed by atoms with van der Waals surface area (Å²) >= 11 is 0. The molecular formula is C40H42N4O8. The van der Waals surface area contributed by atoms with Crippen molar-refractivity contribution in [1.82, 2.24) is 20.2 Å². The normalized spacial score (nSPS) is 23.2. The third kappa shape index (κ3) is 6.65. The van der Waals surface area contributed by atoms with Gasteiger partial charge in [0.1, 0.15) is 0 Å². The summed E-state index contributed by atoms with van der Waals surface area (Å²) < 4.78 is 17.4. The summed E-state index contributed by atoms with van der Waals surface area (Å²) in [6.07, 6.45) is 5.08. The summed E-state index contributed by atoms with van der Waals surface area (Å²) in [4.78, 5) is 69.3. The van der Waals surface area contributed by atoms with Gasteiger partial charge in [-0.1, -0.05) is 30.3 Å². The maximum absolute atomic E-state index is 13.9. The Morgan fingerprint density at radius 1 is 0.942 bits per heavy atom. The Morgan fingerprint density at radius 3 is 2.29 bits per heavy atom. The average molecular weight is 707 g/mol. The Balaban J connectivity index is 1.10. The fraction of sp³-hybridized carbons (Fsp3) is 0.400. The Bertz CT molecular complexity index is 2090. The zero-order valence-corrected chi connectivity index (χ0v) is 29.6. The molecule has 4 aliphatic carbocycles. The molecule has 12 heteroatoms. The van der Waals surface area contributed by atoms with Crippen LogP contribution in [0.25, 0.3) is 16.7 Å². The molecule has 2 aromatic heterocycles. The molecule has 3 unspecified atom stereocenters. The summed E-state index contributed by atoms with van der Waals surface area (Å²) in [6.45, 7) is 4.51. The number of carbonyl (C=O) groups excluding carboxylic acids is 4. The van der Waals surface area contributed by atoms with Crippen LogP contribution in [0, 0.1) is 17.8 Å². The average Bonchev–Trinajstić information content (AvgIpc) is 3.11. The number of para-hydroxylation sites is 1. The molecule has 4 aliphatic rings. The summed E-state index contributed by atoms with van der Waals surface area (Å²) in [5.41, 5.74) is 0.449. The largest absolute Gasteiger partial charge is 0.514 e. The van der Waals surface area contributed by atoms with Gasteiger partial charge in [-0.05, 0) is 106 Å². The molecule has 270 valence electrons. The van der Waals surface area contributed by atoms with E-state index in [2.05, 4.69) is 15.6 Å². The van der Waals surface area contributed by atoms with Gasteiger partial charge in [0.15, 0.2) is 16.7 Å². The molecule has 2 amide bonds. The molecule has 0 aliphatic heterocycles. The highest BCUT2D eigenvalue weighted by molar-refractivity contribution is 5.94. The zero-order chi connectivity index (χ0) is 36.8. The highest BCUT2D eigenvalue weighted by atomic mass is 16.7. The van der Waals surface area contributed by atoms with Crippen LogP contribution >= 0.6 is 0 Å². The fourth-order valence-corrected chi connectivity index (χ4v) is 8.87. The molecule has 4 aromatic rings. The first kappa shape index (κ1) is 34.9. The van der Waals surface area contributed by atoms with Gasteiger partial charge in [-0.3, -0.25) is 23.7 Å². The van der Waals surface area contributed by atoms with E-state index in [1.807, 2.05) is 30.3 Å². The molecule has 2 N–H and O–H groups in total. The Kier molecular flexibility index (Phi) is 9.10. The number of esters is 1. The van der Waals surface area contributed by atoms with Crippen molar-refractivity contribution in [2.45, 2.75) is 76.5 Å². The summed E-state index contributed by atoms with van der Waals surface area (Å²) in [5, 5.41) is 6.93. The maximum Gasteiger partial charge on any atom is 0.514 e. The Morgan fingerprint density at radius 2 is 1.63 bits per heavy atom. The SMILES string of the molecule is COC(=O)Oc1c(Cc2ccc(C(=O)NC3[C@@H]4CC5C[C@H]3CC(NC(=O)C(C)(C)OC(C)=O)(C5)C4)cc2)c(=O)c2cccnc2n1-c1ccccc1. The number of benzene rings is 2. The lowest BCUT2D eigenvalue weighted by atomic mass is 9.51. The van der Waals surface area contributed by atoms with Crippen molar-refractivity contribution in [2.24, 2.45) is 17.8 Å². The van der Waals surface area contributed by atoms with Gasteiger partial charge < -0.3 is 24.8 Å². The molecule has 0 saturated heterocycles. The minimum Gasteiger partial charge on any atom is -0.450 e. The van der Waals surface area contributed by atoms with Gasteiger partial charge in [0.2, 0.25) is 5.88 Å². The maximum atomic E-state index is 13.9. The number of nitrogens with one attached hydrogen (secondary N) is 2. The summed E-state index contributed by atoms with van der Waals surface area (Å²) in [6, 6.07) is 19.6. The minimum absolute atomic E-state index is 0.00172. The van der Waals surface area contributed by atoms with Crippen molar-refractivity contribution >= 4 is 35.0 Å². The number of hydrogen-bond donors (Lipinski definition) is 2. The van der Waals surface area contributed by atoms with E-state index in [1.54, 1.807) is 61.0 Å². The van der Waals surface area contributed by atoms with Crippen molar-refractivity contribution in [1.29, 1.82) is 0 Å². The van der Waals surface area contributed by atoms with Crippen LogP contribution in [0.2, 0.25) is 0 Å². The summed E-state index contributed by atoms with van der Waals surface area (Å²) in [5.74, 6) is -0.0848. The number of pyridine rings is 2. The first-order valence-electron chi connectivity index (χ1n) is 17.6. The fourth-order valence-electron chi connectivity index (χ4n) is 8.87. The second kappa shape index (κ2) is 13.6. The molecule has 0 radical (unpaired) electrons. The van der Waals surface area contributed by atoms with E-state index < -0.39 is 17.7 Å². The molecule has 0 spiro atoms. The Hall–Kier alpha value is -5.52. The monoisotopic (exact) mass is 706 g/mol. The van der Waals surface area contributed by atoms with E-state index in [4.69, 9.17) is 14.2 Å². The minimum atomic E-state index is -1.27. The van der Waals surface area contributed by atoms with Crippen LogP contribution in [0.1, 0.15) is 74.4 Å². The number of amides is 2. The molecular weight excluding hydrogens is 664 g/mol.